The van der Waals surface area contributed by atoms with E-state index in [0.717, 1.165) is 26.1 Å². The van der Waals surface area contributed by atoms with Crippen molar-refractivity contribution in [3.63, 3.8) is 0 Å². The van der Waals surface area contributed by atoms with Crippen LogP contribution in [0.2, 0.25) is 0 Å². The molecule has 0 amide bonds. The number of ether oxygens (including phenoxy) is 2. The summed E-state index contributed by atoms with van der Waals surface area (Å²) >= 11 is 0. The Kier molecular flexibility index (Phi) is 5.50. The maximum atomic E-state index is 5.97. The van der Waals surface area contributed by atoms with E-state index < -0.39 is 0 Å². The van der Waals surface area contributed by atoms with Crippen molar-refractivity contribution in [2.75, 3.05) is 13.2 Å². The molecule has 128 valence electrons. The largest absolute Gasteiger partial charge is 0.378 e. The molecule has 0 N–H and O–H groups in total. The van der Waals surface area contributed by atoms with Gasteiger partial charge in [0.2, 0.25) is 0 Å². The highest BCUT2D eigenvalue weighted by atomic mass is 16.5. The van der Waals surface area contributed by atoms with Crippen LogP contribution in [0.1, 0.15) is 90.9 Å². The molecule has 3 aliphatic rings. The average Bonchev–Trinajstić information content (AvgIpc) is 2.52. The zero-order valence-electron chi connectivity index (χ0n) is 14.9. The Labute approximate surface area is 137 Å². The number of hydrogen-bond donors (Lipinski definition) is 0. The summed E-state index contributed by atoms with van der Waals surface area (Å²) in [6.45, 7) is 6.34. The van der Waals surface area contributed by atoms with Gasteiger partial charge in [-0.15, -0.1) is 0 Å². The molecular weight excluding hydrogens is 272 g/mol. The van der Waals surface area contributed by atoms with Gasteiger partial charge in [0.25, 0.3) is 0 Å². The van der Waals surface area contributed by atoms with Gasteiger partial charge in [-0.25, -0.2) is 0 Å². The summed E-state index contributed by atoms with van der Waals surface area (Å²) in [5, 5.41) is 0. The van der Waals surface area contributed by atoms with E-state index in [9.17, 15) is 0 Å². The molecular formula is C20H36O2. The molecule has 2 spiro atoms. The maximum absolute atomic E-state index is 5.97. The minimum Gasteiger partial charge on any atom is -0.378 e. The second kappa shape index (κ2) is 7.21. The van der Waals surface area contributed by atoms with Crippen LogP contribution in [0, 0.1) is 10.8 Å². The van der Waals surface area contributed by atoms with Gasteiger partial charge in [-0.3, -0.25) is 0 Å². The lowest BCUT2D eigenvalue weighted by Gasteiger charge is -2.61. The second-order valence-corrected chi connectivity index (χ2v) is 8.49. The molecule has 3 rings (SSSR count). The van der Waals surface area contributed by atoms with Gasteiger partial charge in [0.05, 0.1) is 12.2 Å². The first-order valence-corrected chi connectivity index (χ1v) is 9.92. The summed E-state index contributed by atoms with van der Waals surface area (Å²) in [4.78, 5) is 0. The van der Waals surface area contributed by atoms with Crippen molar-refractivity contribution in [1.82, 2.24) is 0 Å². The Balaban J connectivity index is 1.39. The quantitative estimate of drug-likeness (QED) is 0.646. The van der Waals surface area contributed by atoms with Crippen molar-refractivity contribution in [2.24, 2.45) is 10.8 Å². The van der Waals surface area contributed by atoms with Crippen molar-refractivity contribution in [3.8, 4) is 0 Å². The molecule has 0 aromatic heterocycles. The zero-order chi connectivity index (χ0) is 15.5. The molecule has 0 aromatic carbocycles. The summed E-state index contributed by atoms with van der Waals surface area (Å²) in [6.07, 6.45) is 17.5. The first-order chi connectivity index (χ1) is 10.7. The van der Waals surface area contributed by atoms with Crippen LogP contribution in [0.25, 0.3) is 0 Å². The van der Waals surface area contributed by atoms with Gasteiger partial charge in [0.1, 0.15) is 0 Å². The summed E-state index contributed by atoms with van der Waals surface area (Å²) < 4.78 is 11.9. The molecule has 3 fully saturated rings. The Morgan fingerprint density at radius 3 is 1.36 bits per heavy atom. The predicted molar refractivity (Wildman–Crippen MR) is 91.1 cm³/mol. The van der Waals surface area contributed by atoms with Crippen LogP contribution in [0.4, 0.5) is 0 Å². The highest BCUT2D eigenvalue weighted by molar-refractivity contribution is 5.06. The van der Waals surface area contributed by atoms with Gasteiger partial charge in [-0.2, -0.15) is 0 Å². The van der Waals surface area contributed by atoms with E-state index in [0.29, 0.717) is 23.0 Å². The van der Waals surface area contributed by atoms with Crippen LogP contribution in [0.15, 0.2) is 0 Å². The van der Waals surface area contributed by atoms with E-state index in [2.05, 4.69) is 13.8 Å². The molecule has 3 saturated carbocycles. The molecule has 0 unspecified atom stereocenters. The predicted octanol–water partition coefficient (Wildman–Crippen LogP) is 5.49. The average molecular weight is 309 g/mol. The molecule has 22 heavy (non-hydrogen) atoms. The molecule has 0 aromatic rings. The first-order valence-electron chi connectivity index (χ1n) is 9.92. The van der Waals surface area contributed by atoms with E-state index in [4.69, 9.17) is 9.47 Å². The summed E-state index contributed by atoms with van der Waals surface area (Å²) in [7, 11) is 0. The monoisotopic (exact) mass is 308 g/mol. The highest BCUT2D eigenvalue weighted by Crippen LogP contribution is 2.66. The molecule has 0 heterocycles. The minimum absolute atomic E-state index is 0.570. The Morgan fingerprint density at radius 2 is 1.05 bits per heavy atom. The van der Waals surface area contributed by atoms with E-state index in [-0.39, 0.29) is 0 Å². The Hall–Kier alpha value is -0.0800. The van der Waals surface area contributed by atoms with Crippen molar-refractivity contribution in [1.29, 1.82) is 0 Å². The molecule has 3 aliphatic carbocycles. The summed E-state index contributed by atoms with van der Waals surface area (Å²) in [6, 6.07) is 0. The Bertz CT molecular complexity index is 294. The molecule has 0 aliphatic heterocycles. The van der Waals surface area contributed by atoms with Crippen LogP contribution in [-0.4, -0.2) is 25.4 Å². The fourth-order valence-corrected chi connectivity index (χ4v) is 5.56. The van der Waals surface area contributed by atoms with Crippen LogP contribution in [0.3, 0.4) is 0 Å². The lowest BCUT2D eigenvalue weighted by atomic mass is 9.45. The molecule has 0 bridgehead atoms. The Morgan fingerprint density at radius 1 is 0.682 bits per heavy atom. The zero-order valence-corrected chi connectivity index (χ0v) is 14.9. The van der Waals surface area contributed by atoms with Crippen molar-refractivity contribution in [2.45, 2.75) is 103 Å². The van der Waals surface area contributed by atoms with Crippen LogP contribution in [-0.2, 0) is 9.47 Å². The summed E-state index contributed by atoms with van der Waals surface area (Å²) in [5.74, 6) is 0. The SMILES string of the molecule is CCCOC1CCC2(CC1)CC1(CCC(OCCC)CC1)C2. The third kappa shape index (κ3) is 3.70. The van der Waals surface area contributed by atoms with Gasteiger partial charge in [0, 0.05) is 13.2 Å². The van der Waals surface area contributed by atoms with Gasteiger partial charge in [0.15, 0.2) is 0 Å². The van der Waals surface area contributed by atoms with Crippen LogP contribution < -0.4 is 0 Å². The summed E-state index contributed by atoms with van der Waals surface area (Å²) in [5.41, 5.74) is 1.42. The van der Waals surface area contributed by atoms with Crippen molar-refractivity contribution >= 4 is 0 Å². The highest BCUT2D eigenvalue weighted by Gasteiger charge is 2.55. The smallest absolute Gasteiger partial charge is 0.0575 e. The maximum Gasteiger partial charge on any atom is 0.0575 e. The fraction of sp³-hybridized carbons (Fsp3) is 1.00. The molecule has 0 radical (unpaired) electrons. The third-order valence-electron chi connectivity index (χ3n) is 6.60. The molecule has 2 heteroatoms. The lowest BCUT2D eigenvalue weighted by Crippen LogP contribution is -2.51. The minimum atomic E-state index is 0.570. The third-order valence-corrected chi connectivity index (χ3v) is 6.60. The second-order valence-electron chi connectivity index (χ2n) is 8.49. The van der Waals surface area contributed by atoms with Crippen molar-refractivity contribution in [3.05, 3.63) is 0 Å². The van der Waals surface area contributed by atoms with E-state index in [1.807, 2.05) is 0 Å². The molecule has 0 atom stereocenters. The van der Waals surface area contributed by atoms with Crippen LogP contribution in [0.5, 0.6) is 0 Å². The fourth-order valence-electron chi connectivity index (χ4n) is 5.56. The van der Waals surface area contributed by atoms with Gasteiger partial charge >= 0.3 is 0 Å². The number of rotatable bonds is 6. The van der Waals surface area contributed by atoms with E-state index in [1.165, 1.54) is 64.2 Å². The molecule has 0 saturated heterocycles. The normalized spacial score (nSPS) is 41.7. The van der Waals surface area contributed by atoms with Crippen LogP contribution >= 0.6 is 0 Å². The van der Waals surface area contributed by atoms with Gasteiger partial charge in [-0.05, 0) is 87.9 Å². The first kappa shape index (κ1) is 16.8. The van der Waals surface area contributed by atoms with E-state index in [1.54, 1.807) is 0 Å². The standard InChI is InChI=1S/C20H36O2/c1-3-13-21-17-5-9-19(10-6-17)15-20(16-19)11-7-18(8-12-20)22-14-4-2/h17-18H,3-16H2,1-2H3. The van der Waals surface area contributed by atoms with E-state index >= 15 is 0 Å². The lowest BCUT2D eigenvalue weighted by molar-refractivity contribution is -0.128. The van der Waals surface area contributed by atoms with Crippen molar-refractivity contribution < 1.29 is 9.47 Å². The topological polar surface area (TPSA) is 18.5 Å². The van der Waals surface area contributed by atoms with Gasteiger partial charge < -0.3 is 9.47 Å². The molecule has 2 nitrogen and oxygen atoms in total. The van der Waals surface area contributed by atoms with Gasteiger partial charge in [-0.1, -0.05) is 13.8 Å². The number of hydrogen-bond acceptors (Lipinski definition) is 2.